The molecule has 5 nitrogen and oxygen atoms in total. The van der Waals surface area contributed by atoms with Crippen molar-refractivity contribution in [1.82, 2.24) is 0 Å². The molecule has 1 heterocycles. The molecule has 1 aliphatic heterocycles. The molecule has 0 aromatic rings. The van der Waals surface area contributed by atoms with E-state index in [4.69, 9.17) is 0 Å². The lowest BCUT2D eigenvalue weighted by molar-refractivity contribution is 0.190. The van der Waals surface area contributed by atoms with Gasteiger partial charge in [-0.2, -0.15) is 8.42 Å². The molecule has 1 aliphatic rings. The average molecular weight is 212 g/mol. The Hall–Kier alpha value is -0.240. The Kier molecular flexibility index (Phi) is 2.99. The topological polar surface area (TPSA) is 69.7 Å². The van der Waals surface area contributed by atoms with Crippen molar-refractivity contribution in [2.45, 2.75) is 6.10 Å². The molecule has 0 N–H and O–H groups in total. The van der Waals surface area contributed by atoms with Crippen LogP contribution in [0.25, 0.3) is 0 Å². The molecule has 70 valence electrons. The Morgan fingerprint density at radius 1 is 1.67 bits per heavy atom. The largest absolute Gasteiger partial charge is 0.289 e. The van der Waals surface area contributed by atoms with E-state index >= 15 is 0 Å². The molecule has 0 radical (unpaired) electrons. The first-order chi connectivity index (χ1) is 5.53. The molecule has 1 saturated heterocycles. The summed E-state index contributed by atoms with van der Waals surface area (Å²) in [4.78, 5) is 0. The predicted octanol–water partition coefficient (Wildman–Crippen LogP) is -0.461. The van der Waals surface area contributed by atoms with Crippen molar-refractivity contribution in [3.05, 3.63) is 12.0 Å². The van der Waals surface area contributed by atoms with Crippen molar-refractivity contribution >= 4 is 21.2 Å². The van der Waals surface area contributed by atoms with Gasteiger partial charge in [0.25, 0.3) is 10.1 Å². The maximum atomic E-state index is 10.8. The minimum atomic E-state index is -3.68. The lowest BCUT2D eigenvalue weighted by Crippen LogP contribution is -2.19. The average Bonchev–Trinajstić information content (AvgIpc) is 2.35. The first-order valence-corrected chi connectivity index (χ1v) is 5.82. The summed E-state index contributed by atoms with van der Waals surface area (Å²) in [5.74, 6) is 0.0903. The first kappa shape index (κ1) is 9.85. The highest BCUT2D eigenvalue weighted by atomic mass is 32.2. The van der Waals surface area contributed by atoms with Crippen LogP contribution in [0.3, 0.4) is 0 Å². The molecule has 0 spiro atoms. The van der Waals surface area contributed by atoms with Gasteiger partial charge in [-0.25, -0.2) is 4.21 Å². The van der Waals surface area contributed by atoms with Crippen molar-refractivity contribution in [2.75, 3.05) is 12.4 Å². The molecule has 12 heavy (non-hydrogen) atoms. The van der Waals surface area contributed by atoms with Crippen molar-refractivity contribution in [3.63, 3.8) is 0 Å². The highest BCUT2D eigenvalue weighted by molar-refractivity contribution is 7.89. The molecular weight excluding hydrogens is 204 g/mol. The normalized spacial score (nSPS) is 30.3. The van der Waals surface area contributed by atoms with Crippen LogP contribution in [0.2, 0.25) is 0 Å². The van der Waals surface area contributed by atoms with Gasteiger partial charge in [-0.05, 0) is 0 Å². The lowest BCUT2D eigenvalue weighted by atomic mass is 10.5. The zero-order valence-corrected chi connectivity index (χ0v) is 7.77. The van der Waals surface area contributed by atoms with Crippen LogP contribution in [0.15, 0.2) is 12.0 Å². The van der Waals surface area contributed by atoms with Gasteiger partial charge in [-0.1, -0.05) is 6.58 Å². The summed E-state index contributed by atoms with van der Waals surface area (Å²) in [5.41, 5.74) is 0. The molecule has 1 fully saturated rings. The van der Waals surface area contributed by atoms with Gasteiger partial charge >= 0.3 is 0 Å². The first-order valence-electron chi connectivity index (χ1n) is 3.11. The van der Waals surface area contributed by atoms with E-state index in [-0.39, 0.29) is 12.4 Å². The quantitative estimate of drug-likeness (QED) is 0.592. The van der Waals surface area contributed by atoms with Crippen LogP contribution in [0.5, 0.6) is 0 Å². The van der Waals surface area contributed by atoms with E-state index in [0.29, 0.717) is 5.41 Å². The van der Waals surface area contributed by atoms with Gasteiger partial charge in [0.2, 0.25) is 0 Å². The Bertz CT molecular complexity index is 293. The molecule has 0 bridgehead atoms. The maximum absolute atomic E-state index is 10.8. The third kappa shape index (κ3) is 2.67. The second-order valence-electron chi connectivity index (χ2n) is 2.13. The molecule has 1 rings (SSSR count). The fourth-order valence-corrected chi connectivity index (χ4v) is 2.22. The second-order valence-corrected chi connectivity index (χ2v) is 4.82. The van der Waals surface area contributed by atoms with Crippen LogP contribution < -0.4 is 0 Å². The highest BCUT2D eigenvalue weighted by Gasteiger charge is 2.26. The summed E-state index contributed by atoms with van der Waals surface area (Å²) in [6, 6.07) is 0. The van der Waals surface area contributed by atoms with E-state index in [2.05, 4.69) is 14.9 Å². The maximum Gasteiger partial charge on any atom is 0.289 e. The molecule has 0 saturated carbocycles. The Morgan fingerprint density at radius 2 is 2.33 bits per heavy atom. The van der Waals surface area contributed by atoms with Crippen molar-refractivity contribution in [2.24, 2.45) is 0 Å². The summed E-state index contributed by atoms with van der Waals surface area (Å²) >= 11 is -1.41. The number of hydrogen-bond acceptors (Lipinski definition) is 5. The van der Waals surface area contributed by atoms with E-state index in [9.17, 15) is 12.6 Å². The van der Waals surface area contributed by atoms with Gasteiger partial charge in [0.1, 0.15) is 6.10 Å². The van der Waals surface area contributed by atoms with Gasteiger partial charge in [0, 0.05) is 0 Å². The van der Waals surface area contributed by atoms with Crippen LogP contribution in [-0.2, 0) is 29.6 Å². The molecule has 0 aromatic carbocycles. The molecule has 1 unspecified atom stereocenters. The van der Waals surface area contributed by atoms with Crippen molar-refractivity contribution in [1.29, 1.82) is 0 Å². The van der Waals surface area contributed by atoms with Crippen LogP contribution in [0, 0.1) is 0 Å². The highest BCUT2D eigenvalue weighted by Crippen LogP contribution is 2.11. The monoisotopic (exact) mass is 212 g/mol. The lowest BCUT2D eigenvalue weighted by Gasteiger charge is -2.04. The fraction of sp³-hybridized carbons (Fsp3) is 0.600. The molecule has 0 aliphatic carbocycles. The summed E-state index contributed by atoms with van der Waals surface area (Å²) in [6.07, 6.45) is -0.645. The molecule has 7 heteroatoms. The van der Waals surface area contributed by atoms with Crippen LogP contribution >= 0.6 is 0 Å². The van der Waals surface area contributed by atoms with Crippen LogP contribution in [0.4, 0.5) is 0 Å². The molecule has 2 atom stereocenters. The minimum Gasteiger partial charge on any atom is -0.288 e. The van der Waals surface area contributed by atoms with Crippen molar-refractivity contribution in [3.8, 4) is 0 Å². The fourth-order valence-electron chi connectivity index (χ4n) is 0.684. The Labute approximate surface area is 73.1 Å². The predicted molar refractivity (Wildman–Crippen MR) is 43.0 cm³/mol. The van der Waals surface area contributed by atoms with Gasteiger partial charge in [-0.3, -0.25) is 8.37 Å². The van der Waals surface area contributed by atoms with E-state index in [0.717, 1.165) is 0 Å². The summed E-state index contributed by atoms with van der Waals surface area (Å²) < 4.78 is 41.3. The summed E-state index contributed by atoms with van der Waals surface area (Å²) in [7, 11) is -3.68. The Morgan fingerprint density at radius 3 is 2.75 bits per heavy atom. The van der Waals surface area contributed by atoms with Gasteiger partial charge in [0.05, 0.1) is 17.8 Å². The van der Waals surface area contributed by atoms with Gasteiger partial charge in [-0.15, -0.1) is 0 Å². The van der Waals surface area contributed by atoms with Crippen LogP contribution in [0.1, 0.15) is 0 Å². The standard InChI is InChI=1S/C5H8O5S2/c1-2-12(7,8)10-5-3-9-11(6)4-5/h2,5H,1,3-4H2/t5?,11-/m1/s1. The number of hydrogen-bond donors (Lipinski definition) is 0. The molecular formula is C5H8O5S2. The second kappa shape index (κ2) is 3.65. The van der Waals surface area contributed by atoms with E-state index in [1.807, 2.05) is 0 Å². The van der Waals surface area contributed by atoms with E-state index in [1.165, 1.54) is 0 Å². The van der Waals surface area contributed by atoms with E-state index in [1.54, 1.807) is 0 Å². The van der Waals surface area contributed by atoms with Gasteiger partial charge < -0.3 is 0 Å². The smallest absolute Gasteiger partial charge is 0.288 e. The zero-order chi connectivity index (χ0) is 9.19. The minimum absolute atomic E-state index is 0.0414. The number of rotatable bonds is 3. The van der Waals surface area contributed by atoms with Gasteiger partial charge in [0.15, 0.2) is 11.1 Å². The summed E-state index contributed by atoms with van der Waals surface area (Å²) in [5, 5.41) is 0.703. The molecule has 0 amide bonds. The van der Waals surface area contributed by atoms with Crippen LogP contribution in [-0.4, -0.2) is 31.1 Å². The van der Waals surface area contributed by atoms with Crippen molar-refractivity contribution < 1.29 is 21.0 Å². The zero-order valence-electron chi connectivity index (χ0n) is 6.13. The Balaban J connectivity index is 2.53. The third-order valence-electron chi connectivity index (χ3n) is 1.18. The third-order valence-corrected chi connectivity index (χ3v) is 3.17. The SMILES string of the molecule is C=CS(=O)(=O)OC1CO[S@@](=O)C1. The molecule has 0 aromatic heterocycles. The van der Waals surface area contributed by atoms with E-state index < -0.39 is 27.3 Å². The summed E-state index contributed by atoms with van der Waals surface area (Å²) in [6.45, 7) is 3.11.